The van der Waals surface area contributed by atoms with Crippen molar-refractivity contribution in [1.82, 2.24) is 10.3 Å². The van der Waals surface area contributed by atoms with Crippen LogP contribution in [0.3, 0.4) is 0 Å². The van der Waals surface area contributed by atoms with Crippen molar-refractivity contribution in [3.8, 4) is 0 Å². The van der Waals surface area contributed by atoms with Gasteiger partial charge in [0.25, 0.3) is 0 Å². The summed E-state index contributed by atoms with van der Waals surface area (Å²) in [4.78, 5) is 15.4. The van der Waals surface area contributed by atoms with Crippen LogP contribution in [0.5, 0.6) is 0 Å². The third kappa shape index (κ3) is 2.84. The van der Waals surface area contributed by atoms with Crippen LogP contribution in [0.15, 0.2) is 18.5 Å². The Labute approximate surface area is 92.8 Å². The molecule has 1 aliphatic rings. The Bertz CT molecular complexity index is 378. The summed E-state index contributed by atoms with van der Waals surface area (Å²) in [5, 5.41) is 3.14. The fraction of sp³-hybridized carbons (Fsp3) is 0.455. The van der Waals surface area contributed by atoms with Crippen molar-refractivity contribution in [2.75, 3.05) is 19.7 Å². The first-order valence-electron chi connectivity index (χ1n) is 5.22. The zero-order valence-corrected chi connectivity index (χ0v) is 8.78. The molecule has 1 aliphatic heterocycles. The lowest BCUT2D eigenvalue weighted by Crippen LogP contribution is -2.39. The number of ether oxygens (including phenoxy) is 1. The summed E-state index contributed by atoms with van der Waals surface area (Å²) in [6, 6.07) is 1.20. The van der Waals surface area contributed by atoms with Gasteiger partial charge in [-0.1, -0.05) is 0 Å². The number of aromatic nitrogens is 1. The molecular formula is C11H13FN2O2. The summed E-state index contributed by atoms with van der Waals surface area (Å²) in [6.45, 7) is 2.08. The number of Topliss-reactive ketones (excluding diaryl/α,β-unsaturated/α-hetero) is 1. The molecule has 0 radical (unpaired) electrons. The molecule has 1 aromatic rings. The van der Waals surface area contributed by atoms with Gasteiger partial charge in [-0.3, -0.25) is 9.78 Å². The van der Waals surface area contributed by atoms with Crippen LogP contribution in [0.25, 0.3) is 0 Å². The average Bonchev–Trinajstić information content (AvgIpc) is 2.30. The van der Waals surface area contributed by atoms with Gasteiger partial charge in [0.1, 0.15) is 5.82 Å². The first-order valence-corrected chi connectivity index (χ1v) is 5.22. The van der Waals surface area contributed by atoms with Crippen molar-refractivity contribution in [2.24, 2.45) is 0 Å². The number of hydrogen-bond donors (Lipinski definition) is 1. The number of hydrogen-bond acceptors (Lipinski definition) is 4. The van der Waals surface area contributed by atoms with Gasteiger partial charge >= 0.3 is 0 Å². The molecule has 2 rings (SSSR count). The van der Waals surface area contributed by atoms with Crippen LogP contribution in [-0.2, 0) is 4.74 Å². The molecule has 1 fully saturated rings. The lowest BCUT2D eigenvalue weighted by Gasteiger charge is -2.22. The van der Waals surface area contributed by atoms with Gasteiger partial charge in [-0.15, -0.1) is 0 Å². The van der Waals surface area contributed by atoms with Crippen LogP contribution >= 0.6 is 0 Å². The molecule has 0 spiro atoms. The molecule has 0 saturated carbocycles. The summed E-state index contributed by atoms with van der Waals surface area (Å²) in [7, 11) is 0. The molecule has 16 heavy (non-hydrogen) atoms. The van der Waals surface area contributed by atoms with Gasteiger partial charge in [0.05, 0.1) is 18.9 Å². The van der Waals surface area contributed by atoms with E-state index in [9.17, 15) is 9.18 Å². The van der Waals surface area contributed by atoms with E-state index in [0.29, 0.717) is 18.7 Å². The third-order valence-electron chi connectivity index (χ3n) is 2.44. The summed E-state index contributed by atoms with van der Waals surface area (Å²) in [5.74, 6) is -0.630. The van der Waals surface area contributed by atoms with Gasteiger partial charge in [0.15, 0.2) is 5.78 Å². The van der Waals surface area contributed by atoms with E-state index in [-0.39, 0.29) is 18.3 Å². The second-order valence-electron chi connectivity index (χ2n) is 3.72. The van der Waals surface area contributed by atoms with Crippen molar-refractivity contribution in [2.45, 2.75) is 12.5 Å². The fourth-order valence-corrected chi connectivity index (χ4v) is 1.64. The number of pyridine rings is 1. The number of nitrogens with zero attached hydrogens (tertiary/aromatic N) is 1. The zero-order chi connectivity index (χ0) is 11.4. The highest BCUT2D eigenvalue weighted by molar-refractivity contribution is 5.96. The molecule has 1 unspecified atom stereocenters. The van der Waals surface area contributed by atoms with E-state index in [1.807, 2.05) is 0 Å². The van der Waals surface area contributed by atoms with Gasteiger partial charge in [-0.2, -0.15) is 0 Å². The topological polar surface area (TPSA) is 51.2 Å². The molecule has 2 heterocycles. The maximum Gasteiger partial charge on any atom is 0.167 e. The van der Waals surface area contributed by atoms with Gasteiger partial charge < -0.3 is 10.1 Å². The van der Waals surface area contributed by atoms with E-state index in [1.165, 1.54) is 12.3 Å². The number of carbonyl (C=O) groups is 1. The van der Waals surface area contributed by atoms with Gasteiger partial charge in [-0.05, 0) is 6.07 Å². The van der Waals surface area contributed by atoms with E-state index in [4.69, 9.17) is 4.74 Å². The number of morpholine rings is 1. The van der Waals surface area contributed by atoms with E-state index in [0.717, 1.165) is 12.7 Å². The molecule has 0 amide bonds. The smallest absolute Gasteiger partial charge is 0.167 e. The van der Waals surface area contributed by atoms with Gasteiger partial charge in [0, 0.05) is 31.3 Å². The normalized spacial score (nSPS) is 20.7. The molecule has 5 heteroatoms. The molecule has 0 aliphatic carbocycles. The predicted octanol–water partition coefficient (Wildman–Crippen LogP) is 0.782. The molecule has 0 aromatic carbocycles. The van der Waals surface area contributed by atoms with Crippen LogP contribution in [-0.4, -0.2) is 36.6 Å². The highest BCUT2D eigenvalue weighted by Gasteiger charge is 2.18. The van der Waals surface area contributed by atoms with Crippen molar-refractivity contribution in [3.63, 3.8) is 0 Å². The van der Waals surface area contributed by atoms with Crippen molar-refractivity contribution in [1.29, 1.82) is 0 Å². The summed E-state index contributed by atoms with van der Waals surface area (Å²) in [5.41, 5.74) is 0.300. The highest BCUT2D eigenvalue weighted by Crippen LogP contribution is 2.09. The van der Waals surface area contributed by atoms with Crippen molar-refractivity contribution < 1.29 is 13.9 Å². The summed E-state index contributed by atoms with van der Waals surface area (Å²) < 4.78 is 18.3. The van der Waals surface area contributed by atoms with E-state index in [2.05, 4.69) is 10.3 Å². The lowest BCUT2D eigenvalue weighted by molar-refractivity contribution is 0.0240. The first kappa shape index (κ1) is 11.2. The fourth-order valence-electron chi connectivity index (χ4n) is 1.64. The number of carbonyl (C=O) groups excluding carboxylic acids is 1. The molecule has 0 bridgehead atoms. The molecular weight excluding hydrogens is 211 g/mol. The van der Waals surface area contributed by atoms with Gasteiger partial charge in [0.2, 0.25) is 0 Å². The largest absolute Gasteiger partial charge is 0.375 e. The Morgan fingerprint density at radius 3 is 3.19 bits per heavy atom. The standard InChI is InChI=1S/C11H13FN2O2/c12-9-3-8(5-14-6-9)11(15)4-10-7-13-1-2-16-10/h3,5-6,10,13H,1-2,4,7H2. The number of nitrogens with one attached hydrogen (secondary N) is 1. The van der Waals surface area contributed by atoms with E-state index in [1.54, 1.807) is 0 Å². The molecule has 1 N–H and O–H groups in total. The zero-order valence-electron chi connectivity index (χ0n) is 8.78. The quantitative estimate of drug-likeness (QED) is 0.771. The second kappa shape index (κ2) is 5.14. The monoisotopic (exact) mass is 224 g/mol. The third-order valence-corrected chi connectivity index (χ3v) is 2.44. The number of halogens is 1. The number of rotatable bonds is 3. The van der Waals surface area contributed by atoms with Crippen LogP contribution in [0.1, 0.15) is 16.8 Å². The van der Waals surface area contributed by atoms with Crippen molar-refractivity contribution >= 4 is 5.78 Å². The summed E-state index contributed by atoms with van der Waals surface area (Å²) in [6.07, 6.45) is 2.60. The predicted molar refractivity (Wildman–Crippen MR) is 55.8 cm³/mol. The maximum atomic E-state index is 12.8. The first-order chi connectivity index (χ1) is 7.75. The molecule has 86 valence electrons. The van der Waals surface area contributed by atoms with Gasteiger partial charge in [-0.25, -0.2) is 4.39 Å². The Balaban J connectivity index is 1.97. The molecule has 1 atom stereocenters. The Kier molecular flexibility index (Phi) is 3.58. The minimum Gasteiger partial charge on any atom is -0.375 e. The van der Waals surface area contributed by atoms with Crippen LogP contribution in [0, 0.1) is 5.82 Å². The molecule has 4 nitrogen and oxygen atoms in total. The Hall–Kier alpha value is -1.33. The van der Waals surface area contributed by atoms with E-state index >= 15 is 0 Å². The average molecular weight is 224 g/mol. The summed E-state index contributed by atoms with van der Waals surface area (Å²) >= 11 is 0. The highest BCUT2D eigenvalue weighted by atomic mass is 19.1. The molecule has 1 saturated heterocycles. The maximum absolute atomic E-state index is 12.8. The number of ketones is 1. The minimum absolute atomic E-state index is 0.121. The second-order valence-corrected chi connectivity index (χ2v) is 3.72. The van der Waals surface area contributed by atoms with Crippen LogP contribution in [0.4, 0.5) is 4.39 Å². The SMILES string of the molecule is O=C(CC1CNCCO1)c1cncc(F)c1. The Morgan fingerprint density at radius 2 is 2.50 bits per heavy atom. The Morgan fingerprint density at radius 1 is 1.62 bits per heavy atom. The van der Waals surface area contributed by atoms with Crippen molar-refractivity contribution in [3.05, 3.63) is 29.8 Å². The lowest BCUT2D eigenvalue weighted by atomic mass is 10.1. The van der Waals surface area contributed by atoms with Crippen LogP contribution in [0.2, 0.25) is 0 Å². The molecule has 1 aromatic heterocycles. The van der Waals surface area contributed by atoms with E-state index < -0.39 is 5.82 Å². The van der Waals surface area contributed by atoms with Crippen LogP contribution < -0.4 is 5.32 Å². The minimum atomic E-state index is -0.492.